The fourth-order valence-electron chi connectivity index (χ4n) is 2.43. The summed E-state index contributed by atoms with van der Waals surface area (Å²) in [6.07, 6.45) is 4.18. The van der Waals surface area contributed by atoms with Crippen molar-refractivity contribution >= 4 is 17.2 Å². The average molecular weight is 266 g/mol. The van der Waals surface area contributed by atoms with Gasteiger partial charge in [0.15, 0.2) is 0 Å². The topological polar surface area (TPSA) is 41.1 Å². The lowest BCUT2D eigenvalue weighted by molar-refractivity contribution is -0.122. The molecule has 2 atom stereocenters. The number of rotatable bonds is 5. The Morgan fingerprint density at radius 1 is 1.67 bits per heavy atom. The number of thiophene rings is 1. The molecule has 1 unspecified atom stereocenters. The fraction of sp³-hybridized carbons (Fsp3) is 0.643. The summed E-state index contributed by atoms with van der Waals surface area (Å²) in [4.78, 5) is 13.1. The molecule has 0 aliphatic carbocycles. The van der Waals surface area contributed by atoms with Gasteiger partial charge in [-0.25, -0.2) is 0 Å². The zero-order valence-electron chi connectivity index (χ0n) is 10.9. The van der Waals surface area contributed by atoms with Crippen molar-refractivity contribution in [1.82, 2.24) is 10.6 Å². The Hall–Kier alpha value is -0.870. The molecule has 4 heteroatoms. The van der Waals surface area contributed by atoms with Gasteiger partial charge in [-0.1, -0.05) is 6.07 Å². The molecule has 1 aliphatic heterocycles. The number of carbonyl (C=O) groups excluding carboxylic acids is 1. The average Bonchev–Trinajstić information content (AvgIpc) is 2.91. The minimum absolute atomic E-state index is 0.141. The van der Waals surface area contributed by atoms with Gasteiger partial charge >= 0.3 is 0 Å². The van der Waals surface area contributed by atoms with Crippen LogP contribution in [0.15, 0.2) is 17.5 Å². The van der Waals surface area contributed by atoms with E-state index in [0.29, 0.717) is 12.3 Å². The van der Waals surface area contributed by atoms with E-state index < -0.39 is 0 Å². The van der Waals surface area contributed by atoms with Crippen molar-refractivity contribution in [1.29, 1.82) is 0 Å². The molecule has 1 saturated heterocycles. The summed E-state index contributed by atoms with van der Waals surface area (Å²) in [5.41, 5.74) is 0. The molecule has 2 N–H and O–H groups in total. The Labute approximate surface area is 113 Å². The highest BCUT2D eigenvalue weighted by Gasteiger charge is 2.15. The summed E-state index contributed by atoms with van der Waals surface area (Å²) in [6.45, 7) is 4.26. The summed E-state index contributed by atoms with van der Waals surface area (Å²) in [5.74, 6) is 0.864. The summed E-state index contributed by atoms with van der Waals surface area (Å²) >= 11 is 1.69. The maximum Gasteiger partial charge on any atom is 0.220 e. The highest BCUT2D eigenvalue weighted by Crippen LogP contribution is 2.19. The molecule has 0 radical (unpaired) electrons. The van der Waals surface area contributed by atoms with Gasteiger partial charge < -0.3 is 10.6 Å². The van der Waals surface area contributed by atoms with Crippen LogP contribution in [0.5, 0.6) is 0 Å². The van der Waals surface area contributed by atoms with Crippen LogP contribution >= 0.6 is 11.3 Å². The molecule has 0 bridgehead atoms. The number of hydrogen-bond acceptors (Lipinski definition) is 3. The monoisotopic (exact) mass is 266 g/mol. The van der Waals surface area contributed by atoms with E-state index >= 15 is 0 Å². The van der Waals surface area contributed by atoms with Crippen LogP contribution < -0.4 is 10.6 Å². The van der Waals surface area contributed by atoms with E-state index in [1.165, 1.54) is 17.7 Å². The fourth-order valence-corrected chi connectivity index (χ4v) is 3.16. The maximum absolute atomic E-state index is 11.9. The summed E-state index contributed by atoms with van der Waals surface area (Å²) in [6, 6.07) is 4.23. The normalized spacial score (nSPS) is 21.5. The van der Waals surface area contributed by atoms with E-state index in [9.17, 15) is 4.79 Å². The van der Waals surface area contributed by atoms with Crippen molar-refractivity contribution in [3.63, 3.8) is 0 Å². The van der Waals surface area contributed by atoms with E-state index in [-0.39, 0.29) is 11.9 Å². The zero-order valence-corrected chi connectivity index (χ0v) is 11.8. The lowest BCUT2D eigenvalue weighted by Gasteiger charge is -2.22. The van der Waals surface area contributed by atoms with Gasteiger partial charge in [0, 0.05) is 11.3 Å². The Kier molecular flexibility index (Phi) is 5.20. The first-order chi connectivity index (χ1) is 8.75. The van der Waals surface area contributed by atoms with E-state index in [0.717, 1.165) is 19.5 Å². The van der Waals surface area contributed by atoms with Gasteiger partial charge in [-0.3, -0.25) is 4.79 Å². The highest BCUT2D eigenvalue weighted by atomic mass is 32.1. The van der Waals surface area contributed by atoms with Gasteiger partial charge in [-0.2, -0.15) is 0 Å². The predicted octanol–water partition coefficient (Wildman–Crippen LogP) is 2.71. The quantitative estimate of drug-likeness (QED) is 0.860. The third kappa shape index (κ3) is 4.10. The summed E-state index contributed by atoms with van der Waals surface area (Å²) in [7, 11) is 0. The second-order valence-corrected chi connectivity index (χ2v) is 6.03. The lowest BCUT2D eigenvalue weighted by Crippen LogP contribution is -2.31. The standard InChI is InChI=1S/C14H22N2OS/c1-11(13-5-3-9-18-13)16-14(17)7-6-12-4-2-8-15-10-12/h3,5,9,11-12,15H,2,4,6-8,10H2,1H3,(H,16,17)/t11-,12?/m0/s1. The first kappa shape index (κ1) is 13.6. The number of piperidine rings is 1. The number of carbonyl (C=O) groups is 1. The smallest absolute Gasteiger partial charge is 0.220 e. The molecule has 100 valence electrons. The van der Waals surface area contributed by atoms with E-state index in [1.807, 2.05) is 18.4 Å². The van der Waals surface area contributed by atoms with E-state index in [2.05, 4.69) is 16.7 Å². The van der Waals surface area contributed by atoms with Gasteiger partial charge in [0.05, 0.1) is 6.04 Å². The molecule has 0 saturated carbocycles. The van der Waals surface area contributed by atoms with Crippen molar-refractivity contribution in [3.8, 4) is 0 Å². The lowest BCUT2D eigenvalue weighted by atomic mass is 9.94. The van der Waals surface area contributed by atoms with Crippen LogP contribution in [0.1, 0.15) is 43.5 Å². The van der Waals surface area contributed by atoms with Crippen LogP contribution in [0.4, 0.5) is 0 Å². The van der Waals surface area contributed by atoms with E-state index in [4.69, 9.17) is 0 Å². The van der Waals surface area contributed by atoms with Crippen molar-refractivity contribution in [2.75, 3.05) is 13.1 Å². The SMILES string of the molecule is C[C@H](NC(=O)CCC1CCCNC1)c1cccs1. The molecule has 3 nitrogen and oxygen atoms in total. The van der Waals surface area contributed by atoms with Gasteiger partial charge in [0.1, 0.15) is 0 Å². The van der Waals surface area contributed by atoms with Crippen molar-refractivity contribution in [3.05, 3.63) is 22.4 Å². The first-order valence-electron chi connectivity index (χ1n) is 6.79. The summed E-state index contributed by atoms with van der Waals surface area (Å²) < 4.78 is 0. The van der Waals surface area contributed by atoms with Gasteiger partial charge in [0.25, 0.3) is 0 Å². The Bertz CT molecular complexity index is 358. The first-order valence-corrected chi connectivity index (χ1v) is 7.67. The molecule has 18 heavy (non-hydrogen) atoms. The Morgan fingerprint density at radius 3 is 3.22 bits per heavy atom. The second-order valence-electron chi connectivity index (χ2n) is 5.06. The molecule has 1 aliphatic rings. The minimum atomic E-state index is 0.141. The van der Waals surface area contributed by atoms with Gasteiger partial charge in [0.2, 0.25) is 5.91 Å². The maximum atomic E-state index is 11.9. The largest absolute Gasteiger partial charge is 0.349 e. The Morgan fingerprint density at radius 2 is 2.56 bits per heavy atom. The van der Waals surface area contributed by atoms with Crippen LogP contribution in [0.2, 0.25) is 0 Å². The molecule has 1 fully saturated rings. The third-order valence-electron chi connectivity index (χ3n) is 3.53. The highest BCUT2D eigenvalue weighted by molar-refractivity contribution is 7.10. The van der Waals surface area contributed by atoms with E-state index in [1.54, 1.807) is 11.3 Å². The summed E-state index contributed by atoms with van der Waals surface area (Å²) in [5, 5.41) is 8.51. The zero-order chi connectivity index (χ0) is 12.8. The number of hydrogen-bond donors (Lipinski definition) is 2. The molecule has 2 heterocycles. The Balaban J connectivity index is 1.68. The van der Waals surface area contributed by atoms with Crippen molar-refractivity contribution in [2.24, 2.45) is 5.92 Å². The van der Waals surface area contributed by atoms with Gasteiger partial charge in [-0.05, 0) is 56.6 Å². The predicted molar refractivity (Wildman–Crippen MR) is 75.7 cm³/mol. The van der Waals surface area contributed by atoms with Crippen LogP contribution in [0.25, 0.3) is 0 Å². The van der Waals surface area contributed by atoms with Gasteiger partial charge in [-0.15, -0.1) is 11.3 Å². The number of amides is 1. The molecule has 2 rings (SSSR count). The van der Waals surface area contributed by atoms with Crippen molar-refractivity contribution < 1.29 is 4.79 Å². The molecule has 0 aromatic carbocycles. The minimum Gasteiger partial charge on any atom is -0.349 e. The molecular weight excluding hydrogens is 244 g/mol. The number of nitrogens with one attached hydrogen (secondary N) is 2. The molecule has 1 amide bonds. The second kappa shape index (κ2) is 6.90. The molecule has 1 aromatic rings. The molecule has 1 aromatic heterocycles. The molecule has 0 spiro atoms. The molecular formula is C14H22N2OS. The van der Waals surface area contributed by atoms with Crippen LogP contribution in [-0.2, 0) is 4.79 Å². The van der Waals surface area contributed by atoms with Crippen LogP contribution in [0.3, 0.4) is 0 Å². The third-order valence-corrected chi connectivity index (χ3v) is 4.58. The van der Waals surface area contributed by atoms with Crippen LogP contribution in [0, 0.1) is 5.92 Å². The van der Waals surface area contributed by atoms with Crippen molar-refractivity contribution in [2.45, 2.75) is 38.6 Å². The van der Waals surface area contributed by atoms with Crippen LogP contribution in [-0.4, -0.2) is 19.0 Å².